The minimum Gasteiger partial charge on any atom is -0.380 e. The van der Waals surface area contributed by atoms with Gasteiger partial charge in [0.2, 0.25) is 0 Å². The van der Waals surface area contributed by atoms with Gasteiger partial charge in [-0.1, -0.05) is 16.8 Å². The van der Waals surface area contributed by atoms with Crippen molar-refractivity contribution in [3.8, 4) is 11.5 Å². The number of hydrogen-bond donors (Lipinski definition) is 1. The van der Waals surface area contributed by atoms with Crippen molar-refractivity contribution in [3.05, 3.63) is 34.9 Å². The highest BCUT2D eigenvalue weighted by Gasteiger charge is 2.17. The van der Waals surface area contributed by atoms with Gasteiger partial charge < -0.3 is 15.0 Å². The van der Waals surface area contributed by atoms with E-state index in [0.29, 0.717) is 11.6 Å². The van der Waals surface area contributed by atoms with Crippen LogP contribution in [0.15, 0.2) is 22.7 Å². The molecule has 19 heavy (non-hydrogen) atoms. The topological polar surface area (TPSA) is 74.2 Å². The van der Waals surface area contributed by atoms with Crippen LogP contribution in [0.1, 0.15) is 18.8 Å². The molecule has 7 heteroatoms. The van der Waals surface area contributed by atoms with E-state index in [0.717, 1.165) is 0 Å². The lowest BCUT2D eigenvalue weighted by Crippen LogP contribution is -2.18. The molecular formula is C12H13ClFN3O2. The Morgan fingerprint density at radius 2 is 2.32 bits per heavy atom. The molecule has 1 atom stereocenters. The van der Waals surface area contributed by atoms with Crippen molar-refractivity contribution in [2.75, 3.05) is 13.2 Å². The number of nitrogens with two attached hydrogens (primary N) is 1. The molecule has 0 fully saturated rings. The van der Waals surface area contributed by atoms with Crippen LogP contribution in [0.25, 0.3) is 11.5 Å². The van der Waals surface area contributed by atoms with Gasteiger partial charge in [-0.15, -0.1) is 0 Å². The highest BCUT2D eigenvalue weighted by atomic mass is 35.5. The van der Waals surface area contributed by atoms with Gasteiger partial charge in [-0.05, 0) is 25.1 Å². The lowest BCUT2D eigenvalue weighted by Gasteiger charge is -2.05. The van der Waals surface area contributed by atoms with Crippen LogP contribution in [0, 0.1) is 5.82 Å². The third-order valence-corrected chi connectivity index (χ3v) is 2.67. The van der Waals surface area contributed by atoms with Gasteiger partial charge in [-0.25, -0.2) is 4.39 Å². The van der Waals surface area contributed by atoms with Crippen molar-refractivity contribution in [3.63, 3.8) is 0 Å². The maximum absolute atomic E-state index is 13.6. The van der Waals surface area contributed by atoms with Gasteiger partial charge in [-0.3, -0.25) is 0 Å². The number of nitrogens with zero attached hydrogens (tertiary/aromatic N) is 2. The molecule has 0 amide bonds. The van der Waals surface area contributed by atoms with Gasteiger partial charge in [0.1, 0.15) is 5.82 Å². The number of aromatic nitrogens is 2. The van der Waals surface area contributed by atoms with Crippen LogP contribution in [0.5, 0.6) is 0 Å². The molecule has 5 nitrogen and oxygen atoms in total. The van der Waals surface area contributed by atoms with E-state index in [1.54, 1.807) is 0 Å². The van der Waals surface area contributed by atoms with E-state index < -0.39 is 11.9 Å². The Bertz CT molecular complexity index is 562. The molecule has 2 aromatic rings. The maximum Gasteiger partial charge on any atom is 0.261 e. The summed E-state index contributed by atoms with van der Waals surface area (Å²) in [6.07, 6.45) is 0. The van der Waals surface area contributed by atoms with Crippen LogP contribution < -0.4 is 5.73 Å². The van der Waals surface area contributed by atoms with Gasteiger partial charge in [-0.2, -0.15) is 4.98 Å². The molecule has 0 saturated carbocycles. The van der Waals surface area contributed by atoms with Crippen molar-refractivity contribution >= 4 is 11.6 Å². The monoisotopic (exact) mass is 285 g/mol. The molecule has 1 aromatic heterocycles. The normalized spacial score (nSPS) is 12.6. The van der Waals surface area contributed by atoms with Crippen LogP contribution in [-0.4, -0.2) is 23.4 Å². The summed E-state index contributed by atoms with van der Waals surface area (Å²) in [7, 11) is 0. The van der Waals surface area contributed by atoms with Gasteiger partial charge in [0.05, 0.1) is 18.2 Å². The molecule has 2 rings (SSSR count). The molecular weight excluding hydrogens is 273 g/mol. The number of rotatable bonds is 5. The van der Waals surface area contributed by atoms with E-state index in [9.17, 15) is 4.39 Å². The molecule has 0 aliphatic heterocycles. The summed E-state index contributed by atoms with van der Waals surface area (Å²) in [6, 6.07) is 3.59. The van der Waals surface area contributed by atoms with Crippen LogP contribution >= 0.6 is 11.6 Å². The van der Waals surface area contributed by atoms with E-state index >= 15 is 0 Å². The van der Waals surface area contributed by atoms with Gasteiger partial charge in [0.25, 0.3) is 5.89 Å². The highest BCUT2D eigenvalue weighted by Crippen LogP contribution is 2.25. The Morgan fingerprint density at radius 3 is 3.05 bits per heavy atom. The second-order valence-corrected chi connectivity index (χ2v) is 4.28. The molecule has 102 valence electrons. The van der Waals surface area contributed by atoms with E-state index in [4.69, 9.17) is 26.6 Å². The van der Waals surface area contributed by atoms with Crippen molar-refractivity contribution in [1.29, 1.82) is 0 Å². The summed E-state index contributed by atoms with van der Waals surface area (Å²) in [5.74, 6) is -0.178. The van der Waals surface area contributed by atoms with Crippen LogP contribution in [0.2, 0.25) is 5.02 Å². The molecule has 0 bridgehead atoms. The number of hydrogen-bond acceptors (Lipinski definition) is 5. The van der Waals surface area contributed by atoms with Gasteiger partial charge in [0.15, 0.2) is 5.82 Å². The van der Waals surface area contributed by atoms with Crippen LogP contribution in [0.4, 0.5) is 4.39 Å². The van der Waals surface area contributed by atoms with Crippen molar-refractivity contribution < 1.29 is 13.7 Å². The van der Waals surface area contributed by atoms with E-state index in [-0.39, 0.29) is 23.9 Å². The second kappa shape index (κ2) is 6.10. The Hall–Kier alpha value is -1.50. The standard InChI is InChI=1S/C12H13ClFN3O2/c1-2-18-6-10(15)11-16-12(19-17-11)8-5-7(13)3-4-9(8)14/h3-5,10H,2,6,15H2,1H3. The first-order valence-electron chi connectivity index (χ1n) is 5.74. The van der Waals surface area contributed by atoms with Crippen LogP contribution in [0.3, 0.4) is 0 Å². The zero-order valence-electron chi connectivity index (χ0n) is 10.3. The summed E-state index contributed by atoms with van der Waals surface area (Å²) < 4.78 is 23.8. The minimum atomic E-state index is -0.514. The fourth-order valence-electron chi connectivity index (χ4n) is 1.48. The lowest BCUT2D eigenvalue weighted by atomic mass is 10.2. The summed E-state index contributed by atoms with van der Waals surface area (Å²) in [6.45, 7) is 2.67. The smallest absolute Gasteiger partial charge is 0.261 e. The maximum atomic E-state index is 13.6. The number of halogens is 2. The largest absolute Gasteiger partial charge is 0.380 e. The second-order valence-electron chi connectivity index (χ2n) is 3.85. The Balaban J connectivity index is 2.23. The third kappa shape index (κ3) is 3.28. The number of benzene rings is 1. The highest BCUT2D eigenvalue weighted by molar-refractivity contribution is 6.30. The molecule has 1 unspecified atom stereocenters. The van der Waals surface area contributed by atoms with Crippen LogP contribution in [-0.2, 0) is 4.74 Å². The molecule has 2 N–H and O–H groups in total. The molecule has 0 saturated heterocycles. The zero-order chi connectivity index (χ0) is 13.8. The molecule has 0 spiro atoms. The first-order valence-corrected chi connectivity index (χ1v) is 6.12. The first-order chi connectivity index (χ1) is 9.11. The molecule has 1 heterocycles. The lowest BCUT2D eigenvalue weighted by molar-refractivity contribution is 0.130. The summed E-state index contributed by atoms with van der Waals surface area (Å²) in [5, 5.41) is 4.10. The van der Waals surface area contributed by atoms with Crippen molar-refractivity contribution in [2.24, 2.45) is 5.73 Å². The Kier molecular flexibility index (Phi) is 4.47. The fraction of sp³-hybridized carbons (Fsp3) is 0.333. The summed E-state index contributed by atoms with van der Waals surface area (Å²) in [4.78, 5) is 4.05. The Labute approximate surface area is 114 Å². The molecule has 0 radical (unpaired) electrons. The fourth-order valence-corrected chi connectivity index (χ4v) is 1.65. The summed E-state index contributed by atoms with van der Waals surface area (Å²) in [5.41, 5.74) is 5.96. The minimum absolute atomic E-state index is 0.0435. The zero-order valence-corrected chi connectivity index (χ0v) is 11.0. The molecule has 0 aliphatic carbocycles. The SMILES string of the molecule is CCOCC(N)c1noc(-c2cc(Cl)ccc2F)n1. The van der Waals surface area contributed by atoms with E-state index in [1.165, 1.54) is 18.2 Å². The van der Waals surface area contributed by atoms with E-state index in [1.807, 2.05) is 6.92 Å². The third-order valence-electron chi connectivity index (χ3n) is 2.43. The first kappa shape index (κ1) is 13.9. The van der Waals surface area contributed by atoms with Gasteiger partial charge >= 0.3 is 0 Å². The average molecular weight is 286 g/mol. The molecule has 0 aliphatic rings. The van der Waals surface area contributed by atoms with Crippen molar-refractivity contribution in [2.45, 2.75) is 13.0 Å². The molecule has 1 aromatic carbocycles. The predicted molar refractivity (Wildman–Crippen MR) is 68.1 cm³/mol. The summed E-state index contributed by atoms with van der Waals surface area (Å²) >= 11 is 5.80. The predicted octanol–water partition coefficient (Wildman–Crippen LogP) is 2.57. The van der Waals surface area contributed by atoms with E-state index in [2.05, 4.69) is 10.1 Å². The quantitative estimate of drug-likeness (QED) is 0.914. The van der Waals surface area contributed by atoms with Gasteiger partial charge in [0, 0.05) is 11.6 Å². The number of ether oxygens (including phenoxy) is 1. The Morgan fingerprint density at radius 1 is 1.53 bits per heavy atom. The average Bonchev–Trinajstić information content (AvgIpc) is 2.88. The van der Waals surface area contributed by atoms with Crippen molar-refractivity contribution in [1.82, 2.24) is 10.1 Å².